The van der Waals surface area contributed by atoms with Gasteiger partial charge < -0.3 is 10.1 Å². The second kappa shape index (κ2) is 2.00. The van der Waals surface area contributed by atoms with Crippen molar-refractivity contribution in [2.45, 2.75) is 0 Å². The molecule has 0 unspecified atom stereocenters. The molecule has 1 rings (SSSR count). The van der Waals surface area contributed by atoms with Crippen LogP contribution in [0, 0.1) is 16.7 Å². The highest BCUT2D eigenvalue weighted by Crippen LogP contribution is 2.00. The van der Waals surface area contributed by atoms with Crippen LogP contribution in [0.1, 0.15) is 0 Å². The second-order valence-corrected chi connectivity index (χ2v) is 1.68. The van der Waals surface area contributed by atoms with Crippen LogP contribution in [0.2, 0.25) is 0 Å². The zero-order valence-electron chi connectivity index (χ0n) is 4.87. The summed E-state index contributed by atoms with van der Waals surface area (Å²) in [6.07, 6.45) is 0. The number of guanidine groups is 1. The van der Waals surface area contributed by atoms with E-state index in [2.05, 4.69) is 11.5 Å². The topological polar surface area (TPSA) is 58.7 Å². The first-order chi connectivity index (χ1) is 4.22. The molecular weight excluding hydrogens is 122 g/mol. The second-order valence-electron chi connectivity index (χ2n) is 1.68. The first kappa shape index (κ1) is 6.00. The maximum absolute atomic E-state index is 10.0. The third kappa shape index (κ3) is 0.984. The zero-order chi connectivity index (χ0) is 6.85. The molecule has 5 nitrogen and oxygen atoms in total. The Hall–Kier alpha value is -1.13. The lowest BCUT2D eigenvalue weighted by Crippen LogP contribution is -2.28. The number of nitrogens with zero attached hydrogens (tertiary/aromatic N) is 3. The van der Waals surface area contributed by atoms with Crippen molar-refractivity contribution in [2.24, 2.45) is 4.99 Å². The molecule has 9 heavy (non-hydrogen) atoms. The fourth-order valence-electron chi connectivity index (χ4n) is 0.548. The van der Waals surface area contributed by atoms with Gasteiger partial charge in [-0.25, -0.2) is 0 Å². The van der Waals surface area contributed by atoms with Gasteiger partial charge in [-0.15, -0.1) is 0 Å². The lowest BCUT2D eigenvalue weighted by Gasteiger charge is -2.03. The SMILES string of the molecule is CN1C[C]N=C1[N+](=O)[O-]. The quantitative estimate of drug-likeness (QED) is 0.328. The fourth-order valence-corrected chi connectivity index (χ4v) is 0.548. The highest BCUT2D eigenvalue weighted by molar-refractivity contribution is 5.73. The number of rotatable bonds is 0. The molecule has 1 aliphatic heterocycles. The van der Waals surface area contributed by atoms with Gasteiger partial charge >= 0.3 is 5.96 Å². The van der Waals surface area contributed by atoms with Crippen molar-refractivity contribution < 1.29 is 4.92 Å². The third-order valence-electron chi connectivity index (χ3n) is 0.992. The van der Waals surface area contributed by atoms with Crippen LogP contribution in [0.4, 0.5) is 0 Å². The first-order valence-electron chi connectivity index (χ1n) is 2.38. The van der Waals surface area contributed by atoms with Gasteiger partial charge in [0.15, 0.2) is 0 Å². The number of hydrogen-bond donors (Lipinski definition) is 0. The van der Waals surface area contributed by atoms with E-state index in [4.69, 9.17) is 0 Å². The summed E-state index contributed by atoms with van der Waals surface area (Å²) in [5.41, 5.74) is 0. The number of nitro groups is 1. The predicted molar refractivity (Wildman–Crippen MR) is 30.3 cm³/mol. The van der Waals surface area contributed by atoms with Crippen LogP contribution in [0.3, 0.4) is 0 Å². The van der Waals surface area contributed by atoms with Crippen LogP contribution in [0.15, 0.2) is 4.99 Å². The van der Waals surface area contributed by atoms with E-state index < -0.39 is 4.92 Å². The Morgan fingerprint density at radius 3 is 2.89 bits per heavy atom. The van der Waals surface area contributed by atoms with Crippen LogP contribution >= 0.6 is 0 Å². The summed E-state index contributed by atoms with van der Waals surface area (Å²) in [5.74, 6) is -0.130. The van der Waals surface area contributed by atoms with Crippen molar-refractivity contribution in [3.63, 3.8) is 0 Å². The van der Waals surface area contributed by atoms with Gasteiger partial charge in [0, 0.05) is 0 Å². The smallest absolute Gasteiger partial charge is 0.390 e. The molecule has 0 amide bonds. The Kier molecular flexibility index (Phi) is 1.33. The van der Waals surface area contributed by atoms with Crippen molar-refractivity contribution in [3.05, 3.63) is 16.7 Å². The Bertz CT molecular complexity index is 165. The highest BCUT2D eigenvalue weighted by Gasteiger charge is 2.24. The zero-order valence-corrected chi connectivity index (χ0v) is 4.87. The lowest BCUT2D eigenvalue weighted by molar-refractivity contribution is -0.361. The summed E-state index contributed by atoms with van der Waals surface area (Å²) in [6.45, 7) is 2.89. The molecule has 0 saturated carbocycles. The van der Waals surface area contributed by atoms with E-state index in [-0.39, 0.29) is 5.96 Å². The molecule has 0 aromatic rings. The molecular formula is C4H5N3O2. The van der Waals surface area contributed by atoms with Gasteiger partial charge in [-0.05, 0) is 4.92 Å². The normalized spacial score (nSPS) is 17.9. The number of hydrogen-bond acceptors (Lipinski definition) is 4. The Labute approximate surface area is 52.1 Å². The van der Waals surface area contributed by atoms with Gasteiger partial charge in [-0.3, -0.25) is 4.90 Å². The molecule has 1 aliphatic rings. The summed E-state index contributed by atoms with van der Waals surface area (Å²) in [4.78, 5) is 14.3. The van der Waals surface area contributed by atoms with Gasteiger partial charge in [0.05, 0.1) is 7.05 Å². The van der Waals surface area contributed by atoms with E-state index >= 15 is 0 Å². The fraction of sp³-hybridized carbons (Fsp3) is 0.500. The Balaban J connectivity index is 2.68. The van der Waals surface area contributed by atoms with E-state index in [1.54, 1.807) is 7.05 Å². The molecule has 0 aromatic carbocycles. The lowest BCUT2D eigenvalue weighted by atomic mass is 10.6. The maximum Gasteiger partial charge on any atom is 0.425 e. The van der Waals surface area contributed by atoms with Gasteiger partial charge in [0.25, 0.3) is 0 Å². The molecule has 0 aliphatic carbocycles. The summed E-state index contributed by atoms with van der Waals surface area (Å²) < 4.78 is 0. The molecule has 0 N–H and O–H groups in total. The van der Waals surface area contributed by atoms with E-state index in [0.717, 1.165) is 0 Å². The molecule has 0 saturated heterocycles. The van der Waals surface area contributed by atoms with Crippen LogP contribution in [-0.2, 0) is 0 Å². The van der Waals surface area contributed by atoms with Crippen LogP contribution in [-0.4, -0.2) is 29.4 Å². The summed E-state index contributed by atoms with van der Waals surface area (Å²) in [7, 11) is 1.60. The predicted octanol–water partition coefficient (Wildman–Crippen LogP) is -0.397. The molecule has 0 spiro atoms. The minimum atomic E-state index is -0.528. The van der Waals surface area contributed by atoms with E-state index in [9.17, 15) is 10.1 Å². The van der Waals surface area contributed by atoms with Gasteiger partial charge in [0.1, 0.15) is 6.54 Å². The van der Waals surface area contributed by atoms with Crippen LogP contribution in [0.5, 0.6) is 0 Å². The third-order valence-corrected chi connectivity index (χ3v) is 0.992. The maximum atomic E-state index is 10.0. The standard InChI is InChI=1S/C4H5N3O2/c1-6-3-2-5-4(6)7(8)9/h3H2,1H3. The molecule has 0 atom stereocenters. The van der Waals surface area contributed by atoms with Gasteiger partial charge in [0.2, 0.25) is 6.54 Å². The van der Waals surface area contributed by atoms with Crippen LogP contribution < -0.4 is 0 Å². The first-order valence-corrected chi connectivity index (χ1v) is 2.38. The largest absolute Gasteiger partial charge is 0.425 e. The van der Waals surface area contributed by atoms with Crippen LogP contribution in [0.25, 0.3) is 0 Å². The number of aliphatic imine (C=N–C) groups is 1. The molecule has 0 bridgehead atoms. The highest BCUT2D eigenvalue weighted by atomic mass is 16.6. The summed E-state index contributed by atoms with van der Waals surface area (Å²) in [6, 6.07) is 0. The molecule has 0 fully saturated rings. The van der Waals surface area contributed by atoms with Gasteiger partial charge in [-0.1, -0.05) is 4.99 Å². The average Bonchev–Trinajstić information content (AvgIpc) is 2.13. The Morgan fingerprint density at radius 2 is 2.67 bits per heavy atom. The molecule has 48 valence electrons. The minimum absolute atomic E-state index is 0.130. The Morgan fingerprint density at radius 1 is 2.00 bits per heavy atom. The minimum Gasteiger partial charge on any atom is -0.390 e. The average molecular weight is 127 g/mol. The van der Waals surface area contributed by atoms with Crippen molar-refractivity contribution in [3.8, 4) is 0 Å². The van der Waals surface area contributed by atoms with Crippen molar-refractivity contribution >= 4 is 5.96 Å². The summed E-state index contributed by atoms with van der Waals surface area (Å²) >= 11 is 0. The molecule has 2 radical (unpaired) electrons. The molecule has 1 heterocycles. The molecule has 0 aromatic heterocycles. The van der Waals surface area contributed by atoms with E-state index in [0.29, 0.717) is 6.54 Å². The summed E-state index contributed by atoms with van der Waals surface area (Å²) in [5, 5.41) is 10.0. The van der Waals surface area contributed by atoms with Gasteiger partial charge in [-0.2, -0.15) is 0 Å². The van der Waals surface area contributed by atoms with Crippen molar-refractivity contribution in [1.29, 1.82) is 0 Å². The van der Waals surface area contributed by atoms with Crippen molar-refractivity contribution in [1.82, 2.24) is 4.90 Å². The van der Waals surface area contributed by atoms with E-state index in [1.165, 1.54) is 4.90 Å². The van der Waals surface area contributed by atoms with Crippen molar-refractivity contribution in [2.75, 3.05) is 13.6 Å². The monoisotopic (exact) mass is 127 g/mol. The molecule has 5 heteroatoms. The number of likely N-dealkylation sites (N-methyl/N-ethyl adjacent to an activating group) is 1. The van der Waals surface area contributed by atoms with E-state index in [1.807, 2.05) is 0 Å².